The summed E-state index contributed by atoms with van der Waals surface area (Å²) in [5.74, 6) is 0.269. The first-order valence-electron chi connectivity index (χ1n) is 8.15. The minimum atomic E-state index is -0.188. The highest BCUT2D eigenvalue weighted by molar-refractivity contribution is 5.73. The normalized spacial score (nSPS) is 10.8. The van der Waals surface area contributed by atoms with Crippen LogP contribution in [0.5, 0.6) is 0 Å². The van der Waals surface area contributed by atoms with Crippen LogP contribution in [-0.4, -0.2) is 5.91 Å². The third-order valence-electron chi connectivity index (χ3n) is 4.07. The zero-order valence-corrected chi connectivity index (χ0v) is 13.1. The van der Waals surface area contributed by atoms with Gasteiger partial charge < -0.3 is 5.73 Å². The van der Waals surface area contributed by atoms with Crippen LogP contribution in [-0.2, 0) is 4.79 Å². The second-order valence-electron chi connectivity index (χ2n) is 5.79. The van der Waals surface area contributed by atoms with Gasteiger partial charge in [0.2, 0.25) is 5.91 Å². The molecule has 0 aliphatic rings. The quantitative estimate of drug-likeness (QED) is 0.673. The summed E-state index contributed by atoms with van der Waals surface area (Å²) in [6.45, 7) is 0. The Morgan fingerprint density at radius 1 is 0.773 bits per heavy atom. The number of carbonyl (C=O) groups excluding carboxylic acids is 1. The van der Waals surface area contributed by atoms with Gasteiger partial charge in [-0.1, -0.05) is 79.9 Å². The predicted octanol–water partition coefficient (Wildman–Crippen LogP) is 4.64. The molecule has 2 aromatic carbocycles. The number of unbranched alkanes of at least 4 members (excludes halogenated alkanes) is 3. The Morgan fingerprint density at radius 3 is 1.77 bits per heavy atom. The van der Waals surface area contributed by atoms with E-state index in [-0.39, 0.29) is 5.91 Å². The Hall–Kier alpha value is -2.09. The van der Waals surface area contributed by atoms with Crippen molar-refractivity contribution in [2.75, 3.05) is 0 Å². The standard InChI is InChI=1S/C20H25NO/c21-20(22)16-10-2-1-9-15-19(17-11-5-3-6-12-17)18-13-7-4-8-14-18/h3-8,11-14,19H,1-2,9-10,15-16H2,(H2,21,22). The first-order valence-corrected chi connectivity index (χ1v) is 8.15. The van der Waals surface area contributed by atoms with Gasteiger partial charge in [-0.3, -0.25) is 4.79 Å². The van der Waals surface area contributed by atoms with Crippen molar-refractivity contribution in [3.63, 3.8) is 0 Å². The first-order chi connectivity index (χ1) is 10.8. The summed E-state index contributed by atoms with van der Waals surface area (Å²) >= 11 is 0. The fraction of sp³-hybridized carbons (Fsp3) is 0.350. The molecule has 2 rings (SSSR count). The number of carbonyl (C=O) groups is 1. The molecular formula is C20H25NO. The molecule has 0 aromatic heterocycles. The largest absolute Gasteiger partial charge is 0.370 e. The summed E-state index contributed by atoms with van der Waals surface area (Å²) in [5.41, 5.74) is 7.93. The van der Waals surface area contributed by atoms with Gasteiger partial charge in [-0.15, -0.1) is 0 Å². The molecule has 2 heteroatoms. The molecule has 22 heavy (non-hydrogen) atoms. The number of benzene rings is 2. The van der Waals surface area contributed by atoms with Gasteiger partial charge in [0.15, 0.2) is 0 Å². The van der Waals surface area contributed by atoms with Gasteiger partial charge in [-0.25, -0.2) is 0 Å². The number of primary amides is 1. The minimum absolute atomic E-state index is 0.188. The Bertz CT molecular complexity index is 511. The van der Waals surface area contributed by atoms with E-state index in [1.54, 1.807) is 0 Å². The van der Waals surface area contributed by atoms with Crippen LogP contribution < -0.4 is 5.73 Å². The van der Waals surface area contributed by atoms with Crippen molar-refractivity contribution in [3.8, 4) is 0 Å². The van der Waals surface area contributed by atoms with Crippen LogP contribution >= 0.6 is 0 Å². The van der Waals surface area contributed by atoms with Crippen LogP contribution in [0.3, 0.4) is 0 Å². The van der Waals surface area contributed by atoms with Crippen LogP contribution in [0.15, 0.2) is 60.7 Å². The van der Waals surface area contributed by atoms with E-state index >= 15 is 0 Å². The van der Waals surface area contributed by atoms with E-state index in [1.807, 2.05) is 0 Å². The van der Waals surface area contributed by atoms with E-state index in [0.717, 1.165) is 25.7 Å². The third kappa shape index (κ3) is 5.36. The third-order valence-corrected chi connectivity index (χ3v) is 4.07. The number of hydrogen-bond acceptors (Lipinski definition) is 1. The molecule has 0 aliphatic heterocycles. The van der Waals surface area contributed by atoms with Crippen LogP contribution in [0.4, 0.5) is 0 Å². The van der Waals surface area contributed by atoms with E-state index in [4.69, 9.17) is 5.73 Å². The van der Waals surface area contributed by atoms with Crippen molar-refractivity contribution < 1.29 is 4.79 Å². The molecule has 0 saturated carbocycles. The summed E-state index contributed by atoms with van der Waals surface area (Å²) in [6, 6.07) is 21.4. The summed E-state index contributed by atoms with van der Waals surface area (Å²) < 4.78 is 0. The Labute approximate surface area is 133 Å². The van der Waals surface area contributed by atoms with Gasteiger partial charge in [0.05, 0.1) is 0 Å². The lowest BCUT2D eigenvalue weighted by Gasteiger charge is -2.18. The highest BCUT2D eigenvalue weighted by Gasteiger charge is 2.13. The molecule has 0 bridgehead atoms. The van der Waals surface area contributed by atoms with Gasteiger partial charge >= 0.3 is 0 Å². The number of amides is 1. The Balaban J connectivity index is 1.91. The van der Waals surface area contributed by atoms with Gasteiger partial charge in [0.1, 0.15) is 0 Å². The summed E-state index contributed by atoms with van der Waals surface area (Å²) in [7, 11) is 0. The van der Waals surface area contributed by atoms with E-state index < -0.39 is 0 Å². The summed E-state index contributed by atoms with van der Waals surface area (Å²) in [5, 5.41) is 0. The molecule has 0 fully saturated rings. The average molecular weight is 295 g/mol. The maximum Gasteiger partial charge on any atom is 0.217 e. The topological polar surface area (TPSA) is 43.1 Å². The maximum absolute atomic E-state index is 10.7. The molecule has 0 spiro atoms. The number of nitrogens with two attached hydrogens (primary N) is 1. The zero-order valence-electron chi connectivity index (χ0n) is 13.1. The number of rotatable bonds is 9. The fourth-order valence-corrected chi connectivity index (χ4v) is 2.90. The van der Waals surface area contributed by atoms with Crippen LogP contribution in [0.25, 0.3) is 0 Å². The van der Waals surface area contributed by atoms with E-state index in [0.29, 0.717) is 12.3 Å². The lowest BCUT2D eigenvalue weighted by atomic mass is 9.87. The van der Waals surface area contributed by atoms with Crippen molar-refractivity contribution in [3.05, 3.63) is 71.8 Å². The molecule has 0 radical (unpaired) electrons. The minimum Gasteiger partial charge on any atom is -0.370 e. The lowest BCUT2D eigenvalue weighted by Crippen LogP contribution is -2.09. The lowest BCUT2D eigenvalue weighted by molar-refractivity contribution is -0.118. The molecule has 2 aromatic rings. The van der Waals surface area contributed by atoms with Gasteiger partial charge in [-0.2, -0.15) is 0 Å². The second kappa shape index (κ2) is 9.04. The molecule has 0 saturated heterocycles. The summed E-state index contributed by atoms with van der Waals surface area (Å²) in [6.07, 6.45) is 5.98. The van der Waals surface area contributed by atoms with Crippen LogP contribution in [0.1, 0.15) is 55.6 Å². The maximum atomic E-state index is 10.7. The highest BCUT2D eigenvalue weighted by atomic mass is 16.1. The Kier molecular flexibility index (Phi) is 6.69. The molecule has 0 aliphatic carbocycles. The molecule has 1 amide bonds. The zero-order chi connectivity index (χ0) is 15.6. The Morgan fingerprint density at radius 2 is 1.27 bits per heavy atom. The van der Waals surface area contributed by atoms with Crippen LogP contribution in [0, 0.1) is 0 Å². The van der Waals surface area contributed by atoms with E-state index in [9.17, 15) is 4.79 Å². The predicted molar refractivity (Wildman–Crippen MR) is 91.6 cm³/mol. The van der Waals surface area contributed by atoms with Crippen molar-refractivity contribution >= 4 is 5.91 Å². The summed E-state index contributed by atoms with van der Waals surface area (Å²) in [4.78, 5) is 10.7. The van der Waals surface area contributed by atoms with Crippen molar-refractivity contribution in [1.82, 2.24) is 0 Å². The molecule has 0 atom stereocenters. The van der Waals surface area contributed by atoms with Crippen molar-refractivity contribution in [2.24, 2.45) is 5.73 Å². The molecule has 2 N–H and O–H groups in total. The average Bonchev–Trinajstić information content (AvgIpc) is 2.55. The SMILES string of the molecule is NC(=O)CCCCCCC(c1ccccc1)c1ccccc1. The molecule has 116 valence electrons. The molecule has 2 nitrogen and oxygen atoms in total. The monoisotopic (exact) mass is 295 g/mol. The van der Waals surface area contributed by atoms with Crippen molar-refractivity contribution in [1.29, 1.82) is 0 Å². The molecule has 0 heterocycles. The van der Waals surface area contributed by atoms with E-state index in [1.165, 1.54) is 17.5 Å². The van der Waals surface area contributed by atoms with Gasteiger partial charge in [-0.05, 0) is 24.0 Å². The second-order valence-corrected chi connectivity index (χ2v) is 5.79. The highest BCUT2D eigenvalue weighted by Crippen LogP contribution is 2.29. The fourth-order valence-electron chi connectivity index (χ4n) is 2.90. The molecular weight excluding hydrogens is 270 g/mol. The van der Waals surface area contributed by atoms with Gasteiger partial charge in [0, 0.05) is 12.3 Å². The van der Waals surface area contributed by atoms with Crippen molar-refractivity contribution in [2.45, 2.75) is 44.4 Å². The van der Waals surface area contributed by atoms with Gasteiger partial charge in [0.25, 0.3) is 0 Å². The van der Waals surface area contributed by atoms with Crippen LogP contribution in [0.2, 0.25) is 0 Å². The van der Waals surface area contributed by atoms with E-state index in [2.05, 4.69) is 60.7 Å². The smallest absolute Gasteiger partial charge is 0.217 e. The number of hydrogen-bond donors (Lipinski definition) is 1. The first kappa shape index (κ1) is 16.3. The molecule has 0 unspecified atom stereocenters.